The van der Waals surface area contributed by atoms with E-state index in [1.165, 1.54) is 6.07 Å². The summed E-state index contributed by atoms with van der Waals surface area (Å²) in [4.78, 5) is 13.5. The van der Waals surface area contributed by atoms with Crippen LogP contribution in [0.3, 0.4) is 0 Å². The third-order valence-corrected chi connectivity index (χ3v) is 3.55. The number of hydrogen-bond donors (Lipinski definition) is 1. The molecule has 0 saturated carbocycles. The van der Waals surface area contributed by atoms with E-state index in [2.05, 4.69) is 26.0 Å². The fourth-order valence-electron chi connectivity index (χ4n) is 1.73. The van der Waals surface area contributed by atoms with Gasteiger partial charge in [-0.3, -0.25) is 4.79 Å². The maximum atomic E-state index is 12.4. The highest BCUT2D eigenvalue weighted by Gasteiger charge is 2.17. The SMILES string of the molecule is CCN(C)C(=O)C(C)NCc1cc(Br)ccc1OC(F)F. The predicted molar refractivity (Wildman–Crippen MR) is 80.4 cm³/mol. The Bertz CT molecular complexity index is 486. The van der Waals surface area contributed by atoms with Crippen LogP contribution in [0.25, 0.3) is 0 Å². The summed E-state index contributed by atoms with van der Waals surface area (Å²) in [5, 5.41) is 3.02. The number of carbonyl (C=O) groups is 1. The van der Waals surface area contributed by atoms with Crippen molar-refractivity contribution in [3.63, 3.8) is 0 Å². The van der Waals surface area contributed by atoms with Gasteiger partial charge in [-0.25, -0.2) is 0 Å². The summed E-state index contributed by atoms with van der Waals surface area (Å²) in [5.74, 6) is 0.0491. The second kappa shape index (κ2) is 8.29. The van der Waals surface area contributed by atoms with Crippen molar-refractivity contribution in [1.29, 1.82) is 0 Å². The lowest BCUT2D eigenvalue weighted by Gasteiger charge is -2.21. The van der Waals surface area contributed by atoms with Crippen LogP contribution in [0.4, 0.5) is 8.78 Å². The van der Waals surface area contributed by atoms with Gasteiger partial charge in [0.25, 0.3) is 0 Å². The molecular weight excluding hydrogens is 346 g/mol. The van der Waals surface area contributed by atoms with E-state index < -0.39 is 12.7 Å². The molecule has 1 unspecified atom stereocenters. The van der Waals surface area contributed by atoms with E-state index >= 15 is 0 Å². The van der Waals surface area contributed by atoms with Gasteiger partial charge in [-0.15, -0.1) is 0 Å². The van der Waals surface area contributed by atoms with Crippen molar-refractivity contribution in [2.75, 3.05) is 13.6 Å². The number of hydrogen-bond acceptors (Lipinski definition) is 3. The van der Waals surface area contributed by atoms with Crippen molar-refractivity contribution in [3.05, 3.63) is 28.2 Å². The Balaban J connectivity index is 2.74. The summed E-state index contributed by atoms with van der Waals surface area (Å²) in [6.45, 7) is 1.61. The number of nitrogens with zero attached hydrogens (tertiary/aromatic N) is 1. The Labute approximate surface area is 131 Å². The molecule has 1 N–H and O–H groups in total. The molecule has 21 heavy (non-hydrogen) atoms. The van der Waals surface area contributed by atoms with Crippen LogP contribution in [0.5, 0.6) is 5.75 Å². The molecule has 4 nitrogen and oxygen atoms in total. The zero-order valence-electron chi connectivity index (χ0n) is 12.2. The number of nitrogens with one attached hydrogen (secondary N) is 1. The molecule has 118 valence electrons. The summed E-state index contributed by atoms with van der Waals surface area (Å²) in [6, 6.07) is 4.37. The minimum absolute atomic E-state index is 0.0520. The summed E-state index contributed by atoms with van der Waals surface area (Å²) < 4.78 is 30.0. The molecule has 0 fully saturated rings. The van der Waals surface area contributed by atoms with E-state index in [1.54, 1.807) is 31.0 Å². The molecule has 1 rings (SSSR count). The van der Waals surface area contributed by atoms with Crippen LogP contribution >= 0.6 is 15.9 Å². The number of benzene rings is 1. The highest BCUT2D eigenvalue weighted by molar-refractivity contribution is 9.10. The van der Waals surface area contributed by atoms with Crippen molar-refractivity contribution in [2.45, 2.75) is 33.0 Å². The highest BCUT2D eigenvalue weighted by atomic mass is 79.9. The lowest BCUT2D eigenvalue weighted by Crippen LogP contribution is -2.42. The molecule has 0 radical (unpaired) electrons. The number of halogens is 3. The van der Waals surface area contributed by atoms with Gasteiger partial charge >= 0.3 is 6.61 Å². The third-order valence-electron chi connectivity index (χ3n) is 3.06. The van der Waals surface area contributed by atoms with Crippen molar-refractivity contribution in [2.24, 2.45) is 0 Å². The van der Waals surface area contributed by atoms with Crippen molar-refractivity contribution in [3.8, 4) is 5.75 Å². The minimum atomic E-state index is -2.88. The molecular formula is C14H19BrF2N2O2. The Morgan fingerprint density at radius 2 is 2.14 bits per heavy atom. The first-order valence-corrected chi connectivity index (χ1v) is 7.36. The van der Waals surface area contributed by atoms with Gasteiger partial charge in [0, 0.05) is 30.2 Å². The van der Waals surface area contributed by atoms with Gasteiger partial charge in [-0.05, 0) is 32.0 Å². The molecule has 0 spiro atoms. The first-order valence-electron chi connectivity index (χ1n) is 6.56. The second-order valence-electron chi connectivity index (χ2n) is 4.59. The molecule has 7 heteroatoms. The first-order chi connectivity index (χ1) is 9.85. The predicted octanol–water partition coefficient (Wildman–Crippen LogP) is 3.01. The lowest BCUT2D eigenvalue weighted by molar-refractivity contribution is -0.131. The average Bonchev–Trinajstić information content (AvgIpc) is 2.44. The molecule has 0 aliphatic heterocycles. The average molecular weight is 365 g/mol. The lowest BCUT2D eigenvalue weighted by atomic mass is 10.2. The van der Waals surface area contributed by atoms with E-state index in [-0.39, 0.29) is 18.2 Å². The van der Waals surface area contributed by atoms with E-state index in [4.69, 9.17) is 0 Å². The highest BCUT2D eigenvalue weighted by Crippen LogP contribution is 2.24. The van der Waals surface area contributed by atoms with Gasteiger partial charge < -0.3 is 15.0 Å². The number of likely N-dealkylation sites (N-methyl/N-ethyl adjacent to an activating group) is 1. The van der Waals surface area contributed by atoms with Gasteiger partial charge in [-0.1, -0.05) is 15.9 Å². The van der Waals surface area contributed by atoms with Crippen molar-refractivity contribution in [1.82, 2.24) is 10.2 Å². The summed E-state index contributed by atoms with van der Waals surface area (Å²) in [5.41, 5.74) is 0.559. The van der Waals surface area contributed by atoms with Crippen molar-refractivity contribution >= 4 is 21.8 Å². The number of rotatable bonds is 7. The van der Waals surface area contributed by atoms with Gasteiger partial charge in [0.1, 0.15) is 5.75 Å². The fraction of sp³-hybridized carbons (Fsp3) is 0.500. The molecule has 0 aromatic heterocycles. The molecule has 1 aromatic carbocycles. The van der Waals surface area contributed by atoms with E-state index in [0.29, 0.717) is 12.1 Å². The van der Waals surface area contributed by atoms with E-state index in [0.717, 1.165) is 4.47 Å². The second-order valence-corrected chi connectivity index (χ2v) is 5.50. The van der Waals surface area contributed by atoms with Gasteiger partial charge in [0.05, 0.1) is 6.04 Å². The standard InChI is InChI=1S/C14H19BrF2N2O2/c1-4-19(3)13(20)9(2)18-8-10-7-11(15)5-6-12(10)21-14(16)17/h5-7,9,14,18H,4,8H2,1-3H3. The van der Waals surface area contributed by atoms with Gasteiger partial charge in [-0.2, -0.15) is 8.78 Å². The fourth-order valence-corrected chi connectivity index (χ4v) is 2.14. The molecule has 0 heterocycles. The largest absolute Gasteiger partial charge is 0.434 e. The molecule has 0 aliphatic carbocycles. The first kappa shape index (κ1) is 17.8. The summed E-state index contributed by atoms with van der Waals surface area (Å²) in [6.07, 6.45) is 0. The molecule has 0 bridgehead atoms. The Hall–Kier alpha value is -1.21. The van der Waals surface area contributed by atoms with Gasteiger partial charge in [0.15, 0.2) is 0 Å². The molecule has 1 atom stereocenters. The Morgan fingerprint density at radius 3 is 2.71 bits per heavy atom. The van der Waals surface area contributed by atoms with Gasteiger partial charge in [0.2, 0.25) is 5.91 Å². The van der Waals surface area contributed by atoms with Crippen LogP contribution in [0.2, 0.25) is 0 Å². The molecule has 0 aliphatic rings. The summed E-state index contributed by atoms with van der Waals surface area (Å²) in [7, 11) is 1.71. The van der Waals surface area contributed by atoms with Crippen LogP contribution in [-0.4, -0.2) is 37.1 Å². The normalized spacial score (nSPS) is 12.3. The van der Waals surface area contributed by atoms with Crippen LogP contribution in [0, 0.1) is 0 Å². The number of ether oxygens (including phenoxy) is 1. The van der Waals surface area contributed by atoms with Crippen LogP contribution in [-0.2, 0) is 11.3 Å². The maximum absolute atomic E-state index is 12.4. The quantitative estimate of drug-likeness (QED) is 0.808. The van der Waals surface area contributed by atoms with Crippen LogP contribution in [0.15, 0.2) is 22.7 Å². The zero-order chi connectivity index (χ0) is 16.0. The number of carbonyl (C=O) groups excluding carboxylic acids is 1. The molecule has 0 saturated heterocycles. The monoisotopic (exact) mass is 364 g/mol. The number of amides is 1. The Morgan fingerprint density at radius 1 is 1.48 bits per heavy atom. The Kier molecular flexibility index (Phi) is 7.04. The topological polar surface area (TPSA) is 41.6 Å². The maximum Gasteiger partial charge on any atom is 0.387 e. The smallest absolute Gasteiger partial charge is 0.387 e. The zero-order valence-corrected chi connectivity index (χ0v) is 13.8. The van der Waals surface area contributed by atoms with Crippen LogP contribution < -0.4 is 10.1 Å². The van der Waals surface area contributed by atoms with Crippen LogP contribution in [0.1, 0.15) is 19.4 Å². The minimum Gasteiger partial charge on any atom is -0.434 e. The third kappa shape index (κ3) is 5.59. The molecule has 1 aromatic rings. The summed E-state index contributed by atoms with van der Waals surface area (Å²) >= 11 is 3.29. The van der Waals surface area contributed by atoms with E-state index in [9.17, 15) is 13.6 Å². The molecule has 1 amide bonds. The van der Waals surface area contributed by atoms with E-state index in [1.807, 2.05) is 6.92 Å². The number of alkyl halides is 2. The van der Waals surface area contributed by atoms with Crippen molar-refractivity contribution < 1.29 is 18.3 Å².